The van der Waals surface area contributed by atoms with Crippen molar-refractivity contribution in [2.24, 2.45) is 11.3 Å². The highest BCUT2D eigenvalue weighted by Crippen LogP contribution is 2.29. The Bertz CT molecular complexity index is 168. The Kier molecular flexibility index (Phi) is 9.85. The second kappa shape index (κ2) is 9.90. The molecule has 0 rings (SSSR count). The fraction of sp³-hybridized carbons (Fsp3) is 1.00. The third kappa shape index (κ3) is 9.61. The van der Waals surface area contributed by atoms with Crippen molar-refractivity contribution in [2.75, 3.05) is 26.8 Å². The summed E-state index contributed by atoms with van der Waals surface area (Å²) in [6.45, 7) is 12.2. The third-order valence-corrected chi connectivity index (χ3v) is 3.47. The molecule has 0 aliphatic rings. The monoisotopic (exact) mass is 243 g/mol. The van der Waals surface area contributed by atoms with Gasteiger partial charge in [-0.1, -0.05) is 53.4 Å². The first-order chi connectivity index (χ1) is 8.05. The zero-order valence-electron chi connectivity index (χ0n) is 12.6. The maximum absolute atomic E-state index is 5.05. The topological polar surface area (TPSA) is 21.3 Å². The fourth-order valence-electron chi connectivity index (χ4n) is 2.40. The van der Waals surface area contributed by atoms with Crippen molar-refractivity contribution >= 4 is 0 Å². The second-order valence-electron chi connectivity index (χ2n) is 5.95. The molecule has 0 amide bonds. The molecular formula is C15H33NO. The van der Waals surface area contributed by atoms with Crippen LogP contribution in [0.4, 0.5) is 0 Å². The number of hydrogen-bond acceptors (Lipinski definition) is 2. The van der Waals surface area contributed by atoms with Crippen molar-refractivity contribution in [3.63, 3.8) is 0 Å². The molecule has 2 nitrogen and oxygen atoms in total. The Balaban J connectivity index is 3.85. The highest BCUT2D eigenvalue weighted by molar-refractivity contribution is 4.75. The predicted octanol–water partition coefficient (Wildman–Crippen LogP) is 3.86. The standard InChI is InChI=1S/C15H33NO/c1-6-8-9-14(7-2)12-15(3,4)13-16-10-11-17-5/h14,16H,6-13H2,1-5H3. The molecule has 1 atom stereocenters. The lowest BCUT2D eigenvalue weighted by Gasteiger charge is -2.29. The van der Waals surface area contributed by atoms with Crippen LogP contribution in [0.15, 0.2) is 0 Å². The van der Waals surface area contributed by atoms with Crippen molar-refractivity contribution in [1.82, 2.24) is 5.32 Å². The molecule has 2 heteroatoms. The number of nitrogens with one attached hydrogen (secondary N) is 1. The van der Waals surface area contributed by atoms with Crippen LogP contribution in [0.1, 0.15) is 59.8 Å². The molecule has 0 aromatic carbocycles. The Labute approximate surface area is 109 Å². The zero-order valence-corrected chi connectivity index (χ0v) is 12.6. The van der Waals surface area contributed by atoms with Crippen molar-refractivity contribution in [3.8, 4) is 0 Å². The van der Waals surface area contributed by atoms with Gasteiger partial charge in [0.25, 0.3) is 0 Å². The van der Waals surface area contributed by atoms with Gasteiger partial charge >= 0.3 is 0 Å². The second-order valence-corrected chi connectivity index (χ2v) is 5.95. The van der Waals surface area contributed by atoms with Crippen LogP contribution in [-0.4, -0.2) is 26.8 Å². The molecule has 0 aliphatic carbocycles. The average molecular weight is 243 g/mol. The van der Waals surface area contributed by atoms with E-state index in [1.54, 1.807) is 7.11 Å². The van der Waals surface area contributed by atoms with Crippen LogP contribution in [0, 0.1) is 11.3 Å². The van der Waals surface area contributed by atoms with Gasteiger partial charge < -0.3 is 10.1 Å². The highest BCUT2D eigenvalue weighted by atomic mass is 16.5. The van der Waals surface area contributed by atoms with Crippen LogP contribution < -0.4 is 5.32 Å². The Morgan fingerprint density at radius 2 is 1.94 bits per heavy atom. The lowest BCUT2D eigenvalue weighted by Crippen LogP contribution is -2.33. The van der Waals surface area contributed by atoms with Crippen molar-refractivity contribution in [3.05, 3.63) is 0 Å². The van der Waals surface area contributed by atoms with E-state index >= 15 is 0 Å². The molecule has 0 aromatic rings. The Morgan fingerprint density at radius 3 is 2.47 bits per heavy atom. The minimum atomic E-state index is 0.405. The van der Waals surface area contributed by atoms with E-state index in [0.717, 1.165) is 25.6 Å². The van der Waals surface area contributed by atoms with E-state index in [1.165, 1.54) is 32.1 Å². The van der Waals surface area contributed by atoms with Crippen molar-refractivity contribution in [1.29, 1.82) is 0 Å². The van der Waals surface area contributed by atoms with Crippen LogP contribution in [-0.2, 0) is 4.74 Å². The van der Waals surface area contributed by atoms with Crippen LogP contribution >= 0.6 is 0 Å². The third-order valence-electron chi connectivity index (χ3n) is 3.47. The molecule has 0 heterocycles. The van der Waals surface area contributed by atoms with Crippen molar-refractivity contribution in [2.45, 2.75) is 59.8 Å². The Hall–Kier alpha value is -0.0800. The number of ether oxygens (including phenoxy) is 1. The van der Waals surface area contributed by atoms with Gasteiger partial charge in [-0.25, -0.2) is 0 Å². The van der Waals surface area contributed by atoms with E-state index in [9.17, 15) is 0 Å². The minimum absolute atomic E-state index is 0.405. The van der Waals surface area contributed by atoms with E-state index in [-0.39, 0.29) is 0 Å². The molecule has 0 radical (unpaired) electrons. The normalized spacial score (nSPS) is 13.9. The summed E-state index contributed by atoms with van der Waals surface area (Å²) in [5.74, 6) is 0.897. The van der Waals surface area contributed by atoms with Gasteiger partial charge in [0.15, 0.2) is 0 Å². The van der Waals surface area contributed by atoms with Gasteiger partial charge in [-0.15, -0.1) is 0 Å². The van der Waals surface area contributed by atoms with E-state index < -0.39 is 0 Å². The summed E-state index contributed by atoms with van der Waals surface area (Å²) in [6, 6.07) is 0. The van der Waals surface area contributed by atoms with Gasteiger partial charge in [-0.3, -0.25) is 0 Å². The van der Waals surface area contributed by atoms with Crippen LogP contribution in [0.2, 0.25) is 0 Å². The first-order valence-electron chi connectivity index (χ1n) is 7.25. The maximum Gasteiger partial charge on any atom is 0.0587 e. The SMILES string of the molecule is CCCCC(CC)CC(C)(C)CNCCOC. The summed E-state index contributed by atoms with van der Waals surface area (Å²) in [5.41, 5.74) is 0.405. The van der Waals surface area contributed by atoms with Crippen LogP contribution in [0.3, 0.4) is 0 Å². The lowest BCUT2D eigenvalue weighted by molar-refractivity contribution is 0.187. The number of rotatable bonds is 11. The predicted molar refractivity (Wildman–Crippen MR) is 76.4 cm³/mol. The molecule has 17 heavy (non-hydrogen) atoms. The summed E-state index contributed by atoms with van der Waals surface area (Å²) in [4.78, 5) is 0. The van der Waals surface area contributed by atoms with Gasteiger partial charge in [-0.05, 0) is 17.8 Å². The summed E-state index contributed by atoms with van der Waals surface area (Å²) >= 11 is 0. The molecular weight excluding hydrogens is 210 g/mol. The molecule has 1 unspecified atom stereocenters. The molecule has 0 aliphatic heterocycles. The maximum atomic E-state index is 5.05. The molecule has 0 bridgehead atoms. The number of hydrogen-bond donors (Lipinski definition) is 1. The first kappa shape index (κ1) is 16.9. The summed E-state index contributed by atoms with van der Waals surface area (Å²) in [5, 5.41) is 3.49. The van der Waals surface area contributed by atoms with Crippen LogP contribution in [0.5, 0.6) is 0 Å². The molecule has 1 N–H and O–H groups in total. The highest BCUT2D eigenvalue weighted by Gasteiger charge is 2.21. The lowest BCUT2D eigenvalue weighted by atomic mass is 9.79. The van der Waals surface area contributed by atoms with E-state index in [4.69, 9.17) is 4.74 Å². The number of methoxy groups -OCH3 is 1. The van der Waals surface area contributed by atoms with Gasteiger partial charge in [-0.2, -0.15) is 0 Å². The summed E-state index contributed by atoms with van der Waals surface area (Å²) in [6.07, 6.45) is 6.76. The summed E-state index contributed by atoms with van der Waals surface area (Å²) < 4.78 is 5.05. The van der Waals surface area contributed by atoms with Gasteiger partial charge in [0.05, 0.1) is 6.61 Å². The van der Waals surface area contributed by atoms with E-state index in [1.807, 2.05) is 0 Å². The number of unbranched alkanes of at least 4 members (excludes halogenated alkanes) is 1. The molecule has 0 aromatic heterocycles. The summed E-state index contributed by atoms with van der Waals surface area (Å²) in [7, 11) is 1.75. The van der Waals surface area contributed by atoms with E-state index in [2.05, 4.69) is 33.0 Å². The van der Waals surface area contributed by atoms with Crippen molar-refractivity contribution < 1.29 is 4.74 Å². The largest absolute Gasteiger partial charge is 0.383 e. The fourth-order valence-corrected chi connectivity index (χ4v) is 2.40. The smallest absolute Gasteiger partial charge is 0.0587 e. The molecule has 0 fully saturated rings. The minimum Gasteiger partial charge on any atom is -0.383 e. The van der Waals surface area contributed by atoms with Crippen LogP contribution in [0.25, 0.3) is 0 Å². The molecule has 0 saturated heterocycles. The molecule has 104 valence electrons. The van der Waals surface area contributed by atoms with Gasteiger partial charge in [0.2, 0.25) is 0 Å². The van der Waals surface area contributed by atoms with Gasteiger partial charge in [0, 0.05) is 20.2 Å². The Morgan fingerprint density at radius 1 is 1.24 bits per heavy atom. The van der Waals surface area contributed by atoms with Gasteiger partial charge in [0.1, 0.15) is 0 Å². The van der Waals surface area contributed by atoms with E-state index in [0.29, 0.717) is 5.41 Å². The average Bonchev–Trinajstić information content (AvgIpc) is 2.30. The molecule has 0 spiro atoms. The quantitative estimate of drug-likeness (QED) is 0.556. The zero-order chi connectivity index (χ0) is 13.1. The molecule has 0 saturated carbocycles. The first-order valence-corrected chi connectivity index (χ1v) is 7.25.